The van der Waals surface area contributed by atoms with Crippen LogP contribution < -0.4 is 10.1 Å². The zero-order valence-electron chi connectivity index (χ0n) is 17.4. The second-order valence-corrected chi connectivity index (χ2v) is 8.26. The van der Waals surface area contributed by atoms with Crippen LogP contribution in [0.2, 0.25) is 0 Å². The van der Waals surface area contributed by atoms with Crippen LogP contribution >= 0.6 is 11.8 Å². The number of thioether (sulfide) groups is 1. The summed E-state index contributed by atoms with van der Waals surface area (Å²) in [5, 5.41) is 2.31. The lowest BCUT2D eigenvalue weighted by Gasteiger charge is -2.14. The van der Waals surface area contributed by atoms with Gasteiger partial charge in [0.2, 0.25) is 5.91 Å². The van der Waals surface area contributed by atoms with Crippen LogP contribution in [0.25, 0.3) is 6.08 Å². The molecule has 156 valence electrons. The van der Waals surface area contributed by atoms with Crippen LogP contribution in [0.5, 0.6) is 5.75 Å². The van der Waals surface area contributed by atoms with Crippen molar-refractivity contribution in [3.8, 4) is 5.75 Å². The fourth-order valence-corrected chi connectivity index (χ4v) is 3.79. The molecule has 0 spiro atoms. The molecule has 0 unspecified atom stereocenters. The fraction of sp³-hybridized carbons (Fsp3) is 0.261. The Bertz CT molecular complexity index is 1030. The van der Waals surface area contributed by atoms with Crippen molar-refractivity contribution in [3.05, 3.63) is 64.1 Å². The van der Waals surface area contributed by atoms with Crippen molar-refractivity contribution in [3.63, 3.8) is 0 Å². The number of rotatable bonds is 6. The minimum Gasteiger partial charge on any atom is -0.490 e. The van der Waals surface area contributed by atoms with E-state index < -0.39 is 17.1 Å². The fourth-order valence-electron chi connectivity index (χ4n) is 2.96. The minimum atomic E-state index is -0.486. The number of para-hydroxylation sites is 1. The number of aryl methyl sites for hydroxylation is 1. The number of benzene rings is 2. The summed E-state index contributed by atoms with van der Waals surface area (Å²) >= 11 is 0.821. The number of nitrogens with zero attached hydrogens (tertiary/aromatic N) is 1. The zero-order valence-corrected chi connectivity index (χ0v) is 18.2. The molecule has 0 atom stereocenters. The Labute approximate surface area is 180 Å². The van der Waals surface area contributed by atoms with Crippen LogP contribution in [0, 0.1) is 13.8 Å². The summed E-state index contributed by atoms with van der Waals surface area (Å²) in [4.78, 5) is 38.8. The number of amides is 3. The summed E-state index contributed by atoms with van der Waals surface area (Å²) in [6, 6.07) is 12.9. The van der Waals surface area contributed by atoms with Gasteiger partial charge in [-0.3, -0.25) is 19.3 Å². The van der Waals surface area contributed by atoms with Gasteiger partial charge in [0.05, 0.1) is 11.0 Å². The van der Waals surface area contributed by atoms with Gasteiger partial charge in [0.25, 0.3) is 11.1 Å². The summed E-state index contributed by atoms with van der Waals surface area (Å²) < 4.78 is 5.77. The van der Waals surface area contributed by atoms with Gasteiger partial charge in [-0.1, -0.05) is 30.3 Å². The molecule has 30 heavy (non-hydrogen) atoms. The molecule has 3 amide bonds. The highest BCUT2D eigenvalue weighted by molar-refractivity contribution is 8.18. The van der Waals surface area contributed by atoms with Crippen molar-refractivity contribution in [2.75, 3.05) is 11.9 Å². The maximum atomic E-state index is 12.8. The Morgan fingerprint density at radius 1 is 1.13 bits per heavy atom. The number of anilines is 1. The summed E-state index contributed by atoms with van der Waals surface area (Å²) in [5.41, 5.74) is 3.37. The van der Waals surface area contributed by atoms with E-state index in [1.54, 1.807) is 12.1 Å². The standard InChI is InChI=1S/C23H24N2O4S/c1-14(2)29-19-11-6-5-9-17(19)12-20-22(27)25(23(28)30-20)13-21(26)24-18-10-7-8-15(3)16(18)4/h5-12,14H,13H2,1-4H3,(H,24,26)/b20-12-. The van der Waals surface area contributed by atoms with Gasteiger partial charge in [-0.05, 0) is 68.8 Å². The predicted molar refractivity (Wildman–Crippen MR) is 119 cm³/mol. The summed E-state index contributed by atoms with van der Waals surface area (Å²) in [7, 11) is 0. The molecule has 0 radical (unpaired) electrons. The average molecular weight is 425 g/mol. The van der Waals surface area contributed by atoms with Gasteiger partial charge >= 0.3 is 0 Å². The van der Waals surface area contributed by atoms with Gasteiger partial charge in [0, 0.05) is 11.3 Å². The highest BCUT2D eigenvalue weighted by Crippen LogP contribution is 2.34. The molecule has 0 bridgehead atoms. The first-order valence-corrected chi connectivity index (χ1v) is 10.4. The van der Waals surface area contributed by atoms with Gasteiger partial charge < -0.3 is 10.1 Å². The normalized spacial score (nSPS) is 15.2. The summed E-state index contributed by atoms with van der Waals surface area (Å²) in [5.74, 6) is -0.275. The molecule has 2 aromatic rings. The Hall–Kier alpha value is -3.06. The van der Waals surface area contributed by atoms with Crippen LogP contribution in [0.15, 0.2) is 47.4 Å². The number of imide groups is 1. The molecule has 1 heterocycles. The Kier molecular flexibility index (Phi) is 6.62. The lowest BCUT2D eigenvalue weighted by atomic mass is 10.1. The monoisotopic (exact) mass is 424 g/mol. The molecule has 1 N–H and O–H groups in total. The number of carbonyl (C=O) groups excluding carboxylic acids is 3. The number of ether oxygens (including phenoxy) is 1. The van der Waals surface area contributed by atoms with Crippen molar-refractivity contribution < 1.29 is 19.1 Å². The van der Waals surface area contributed by atoms with Gasteiger partial charge in [-0.15, -0.1) is 0 Å². The smallest absolute Gasteiger partial charge is 0.294 e. The first-order chi connectivity index (χ1) is 14.3. The molecule has 7 heteroatoms. The van der Waals surface area contributed by atoms with E-state index in [-0.39, 0.29) is 17.6 Å². The van der Waals surface area contributed by atoms with Crippen molar-refractivity contribution in [1.29, 1.82) is 0 Å². The third-order valence-corrected chi connectivity index (χ3v) is 5.53. The Morgan fingerprint density at radius 3 is 2.60 bits per heavy atom. The average Bonchev–Trinajstić information content (AvgIpc) is 2.94. The minimum absolute atomic E-state index is 0.0246. The van der Waals surface area contributed by atoms with E-state index in [0.717, 1.165) is 27.8 Å². The molecule has 1 fully saturated rings. The van der Waals surface area contributed by atoms with Crippen molar-refractivity contribution in [2.45, 2.75) is 33.8 Å². The molecule has 0 aliphatic carbocycles. The topological polar surface area (TPSA) is 75.7 Å². The second kappa shape index (κ2) is 9.17. The number of hydrogen-bond acceptors (Lipinski definition) is 5. The number of nitrogens with one attached hydrogen (secondary N) is 1. The van der Waals surface area contributed by atoms with Crippen LogP contribution in [0.3, 0.4) is 0 Å². The van der Waals surface area contributed by atoms with Gasteiger partial charge in [0.15, 0.2) is 0 Å². The number of hydrogen-bond donors (Lipinski definition) is 1. The molecule has 3 rings (SSSR count). The molecular formula is C23H24N2O4S. The highest BCUT2D eigenvalue weighted by atomic mass is 32.2. The third-order valence-electron chi connectivity index (χ3n) is 4.62. The zero-order chi connectivity index (χ0) is 21.8. The Morgan fingerprint density at radius 2 is 1.87 bits per heavy atom. The van der Waals surface area contributed by atoms with E-state index in [0.29, 0.717) is 17.0 Å². The van der Waals surface area contributed by atoms with Gasteiger partial charge in [0.1, 0.15) is 12.3 Å². The van der Waals surface area contributed by atoms with E-state index in [4.69, 9.17) is 4.74 Å². The van der Waals surface area contributed by atoms with Crippen LogP contribution in [-0.2, 0) is 9.59 Å². The second-order valence-electron chi connectivity index (χ2n) is 7.27. The molecule has 6 nitrogen and oxygen atoms in total. The Balaban J connectivity index is 1.74. The first kappa shape index (κ1) is 21.6. The molecule has 1 aliphatic heterocycles. The van der Waals surface area contributed by atoms with Gasteiger partial charge in [-0.2, -0.15) is 0 Å². The quantitative estimate of drug-likeness (QED) is 0.677. The van der Waals surface area contributed by atoms with E-state index in [2.05, 4.69) is 5.32 Å². The molecular weight excluding hydrogens is 400 g/mol. The van der Waals surface area contributed by atoms with Gasteiger partial charge in [-0.25, -0.2) is 0 Å². The van der Waals surface area contributed by atoms with Crippen molar-refractivity contribution in [1.82, 2.24) is 4.90 Å². The van der Waals surface area contributed by atoms with Crippen LogP contribution in [-0.4, -0.2) is 34.6 Å². The third kappa shape index (κ3) is 4.91. The van der Waals surface area contributed by atoms with Crippen molar-refractivity contribution >= 4 is 40.6 Å². The molecule has 2 aromatic carbocycles. The lowest BCUT2D eigenvalue weighted by molar-refractivity contribution is -0.127. The lowest BCUT2D eigenvalue weighted by Crippen LogP contribution is -2.36. The van der Waals surface area contributed by atoms with Crippen LogP contribution in [0.4, 0.5) is 10.5 Å². The molecule has 0 aromatic heterocycles. The first-order valence-electron chi connectivity index (χ1n) is 9.63. The SMILES string of the molecule is Cc1cccc(NC(=O)CN2C(=O)S/C(=C\c3ccccc3OC(C)C)C2=O)c1C. The maximum Gasteiger partial charge on any atom is 0.294 e. The van der Waals surface area contributed by atoms with E-state index >= 15 is 0 Å². The van der Waals surface area contributed by atoms with E-state index in [9.17, 15) is 14.4 Å². The van der Waals surface area contributed by atoms with E-state index in [1.165, 1.54) is 0 Å². The largest absolute Gasteiger partial charge is 0.490 e. The highest BCUT2D eigenvalue weighted by Gasteiger charge is 2.36. The molecule has 1 saturated heterocycles. The molecule has 0 saturated carbocycles. The van der Waals surface area contributed by atoms with Crippen molar-refractivity contribution in [2.24, 2.45) is 0 Å². The van der Waals surface area contributed by atoms with E-state index in [1.807, 2.05) is 64.1 Å². The summed E-state index contributed by atoms with van der Waals surface area (Å²) in [6.45, 7) is 7.36. The summed E-state index contributed by atoms with van der Waals surface area (Å²) in [6.07, 6.45) is 1.61. The maximum absolute atomic E-state index is 12.8. The number of carbonyl (C=O) groups is 3. The molecule has 1 aliphatic rings. The van der Waals surface area contributed by atoms with Crippen LogP contribution in [0.1, 0.15) is 30.5 Å². The predicted octanol–water partition coefficient (Wildman–Crippen LogP) is 4.77.